The van der Waals surface area contributed by atoms with E-state index in [4.69, 9.17) is 55.6 Å². The number of aromatic nitrogens is 1. The Hall–Kier alpha value is -2.44. The molecule has 1 heterocycles. The minimum absolute atomic E-state index is 0.224. The first-order valence-corrected chi connectivity index (χ1v) is 11.0. The number of ether oxygens (including phenoxy) is 1. The number of carbonyl (C=O) groups is 1. The maximum Gasteiger partial charge on any atom is 0.262 e. The maximum atomic E-state index is 12.5. The highest BCUT2D eigenvalue weighted by molar-refractivity contribution is 6.42. The molecule has 0 aliphatic carbocycles. The Balaban J connectivity index is 1.49. The summed E-state index contributed by atoms with van der Waals surface area (Å²) in [6.07, 6.45) is 0. The number of carbonyl (C=O) groups excluding carboxylic acids is 1. The molecule has 3 aromatic carbocycles. The van der Waals surface area contributed by atoms with Gasteiger partial charge in [-0.15, -0.1) is 0 Å². The number of fused-ring (bicyclic) bond motifs is 1. The fourth-order valence-electron chi connectivity index (χ4n) is 3.13. The van der Waals surface area contributed by atoms with Crippen LogP contribution in [0.3, 0.4) is 0 Å². The van der Waals surface area contributed by atoms with Crippen LogP contribution in [0.5, 0.6) is 5.75 Å². The predicted octanol–water partition coefficient (Wildman–Crippen LogP) is 7.74. The van der Waals surface area contributed by atoms with E-state index in [1.165, 1.54) is 0 Å². The van der Waals surface area contributed by atoms with Crippen LogP contribution in [0.15, 0.2) is 46.9 Å². The summed E-state index contributed by atoms with van der Waals surface area (Å²) in [6, 6.07) is 12.3. The summed E-state index contributed by atoms with van der Waals surface area (Å²) >= 11 is 24.8. The Morgan fingerprint density at radius 3 is 2.44 bits per heavy atom. The summed E-state index contributed by atoms with van der Waals surface area (Å²) in [5, 5.41) is 4.37. The van der Waals surface area contributed by atoms with Gasteiger partial charge in [-0.05, 0) is 61.4 Å². The van der Waals surface area contributed by atoms with Crippen LogP contribution in [0.4, 0.5) is 5.69 Å². The van der Waals surface area contributed by atoms with Crippen molar-refractivity contribution in [1.29, 1.82) is 0 Å². The quantitative estimate of drug-likeness (QED) is 0.298. The molecule has 5 nitrogen and oxygen atoms in total. The summed E-state index contributed by atoms with van der Waals surface area (Å²) in [7, 11) is 0. The van der Waals surface area contributed by atoms with E-state index >= 15 is 0 Å². The highest BCUT2D eigenvalue weighted by Crippen LogP contribution is 2.42. The Morgan fingerprint density at radius 2 is 1.72 bits per heavy atom. The first-order chi connectivity index (χ1) is 15.2. The van der Waals surface area contributed by atoms with Gasteiger partial charge in [0.1, 0.15) is 5.52 Å². The highest BCUT2D eigenvalue weighted by atomic mass is 35.5. The van der Waals surface area contributed by atoms with Crippen molar-refractivity contribution in [1.82, 2.24) is 4.98 Å². The number of nitrogens with zero attached hydrogens (tertiary/aromatic N) is 1. The van der Waals surface area contributed by atoms with Gasteiger partial charge in [-0.2, -0.15) is 0 Å². The van der Waals surface area contributed by atoms with E-state index in [1.54, 1.807) is 50.2 Å². The van der Waals surface area contributed by atoms with Crippen molar-refractivity contribution in [2.75, 3.05) is 11.9 Å². The lowest BCUT2D eigenvalue weighted by Gasteiger charge is -2.15. The lowest BCUT2D eigenvalue weighted by Crippen LogP contribution is -2.20. The second kappa shape index (κ2) is 9.20. The number of benzene rings is 3. The number of oxazole rings is 1. The van der Waals surface area contributed by atoms with Crippen LogP contribution in [0.2, 0.25) is 20.1 Å². The average Bonchev–Trinajstić information content (AvgIpc) is 3.20. The van der Waals surface area contributed by atoms with E-state index in [1.807, 2.05) is 6.07 Å². The van der Waals surface area contributed by atoms with E-state index in [2.05, 4.69) is 10.3 Å². The molecule has 0 spiro atoms. The van der Waals surface area contributed by atoms with Crippen LogP contribution in [0.1, 0.15) is 11.1 Å². The number of rotatable bonds is 5. The molecule has 0 aliphatic rings. The highest BCUT2D eigenvalue weighted by Gasteiger charge is 2.19. The van der Waals surface area contributed by atoms with Crippen LogP contribution in [0.25, 0.3) is 22.6 Å². The van der Waals surface area contributed by atoms with E-state index in [9.17, 15) is 4.79 Å². The van der Waals surface area contributed by atoms with Crippen molar-refractivity contribution in [3.05, 3.63) is 73.7 Å². The molecule has 1 aromatic heterocycles. The van der Waals surface area contributed by atoms with Gasteiger partial charge in [0.15, 0.2) is 17.9 Å². The Bertz CT molecular complexity index is 1320. The molecule has 4 aromatic rings. The van der Waals surface area contributed by atoms with Gasteiger partial charge in [0.05, 0.1) is 10.0 Å². The fraction of sp³-hybridized carbons (Fsp3) is 0.130. The molecule has 0 unspecified atom stereocenters. The van der Waals surface area contributed by atoms with Gasteiger partial charge in [0.25, 0.3) is 5.91 Å². The zero-order valence-electron chi connectivity index (χ0n) is 16.9. The molecule has 0 saturated heterocycles. The van der Waals surface area contributed by atoms with E-state index in [0.29, 0.717) is 49.4 Å². The molecule has 0 fully saturated rings. The van der Waals surface area contributed by atoms with Crippen molar-refractivity contribution >= 4 is 69.1 Å². The number of hydrogen-bond acceptors (Lipinski definition) is 4. The molecular formula is C23H16Cl4N2O3. The monoisotopic (exact) mass is 508 g/mol. The largest absolute Gasteiger partial charge is 0.481 e. The zero-order chi connectivity index (χ0) is 23.0. The molecule has 0 saturated carbocycles. The molecule has 0 radical (unpaired) electrons. The minimum atomic E-state index is -0.385. The smallest absolute Gasteiger partial charge is 0.262 e. The van der Waals surface area contributed by atoms with Crippen molar-refractivity contribution < 1.29 is 13.9 Å². The van der Waals surface area contributed by atoms with Crippen LogP contribution in [0, 0.1) is 13.8 Å². The Kier molecular flexibility index (Phi) is 6.54. The number of halogens is 4. The van der Waals surface area contributed by atoms with Gasteiger partial charge in [-0.1, -0.05) is 52.5 Å². The third kappa shape index (κ3) is 4.52. The van der Waals surface area contributed by atoms with Crippen LogP contribution in [-0.4, -0.2) is 17.5 Å². The molecule has 32 heavy (non-hydrogen) atoms. The normalized spacial score (nSPS) is 11.1. The van der Waals surface area contributed by atoms with Crippen LogP contribution < -0.4 is 10.1 Å². The number of hydrogen-bond donors (Lipinski definition) is 1. The SMILES string of the molecule is Cc1c(Cl)c(C)c(Cl)c(OCC(=O)Nc2cccc(-c3nc4cc(Cl)ccc4o3)c2)c1Cl. The number of anilines is 1. The van der Waals surface area contributed by atoms with E-state index in [0.717, 1.165) is 0 Å². The van der Waals surface area contributed by atoms with Gasteiger partial charge in [-0.3, -0.25) is 4.79 Å². The van der Waals surface area contributed by atoms with Crippen LogP contribution >= 0.6 is 46.4 Å². The van der Waals surface area contributed by atoms with Gasteiger partial charge in [0, 0.05) is 21.3 Å². The Morgan fingerprint density at radius 1 is 1.00 bits per heavy atom. The van der Waals surface area contributed by atoms with Crippen molar-refractivity contribution in [2.45, 2.75) is 13.8 Å². The third-order valence-electron chi connectivity index (χ3n) is 4.81. The van der Waals surface area contributed by atoms with E-state index < -0.39 is 0 Å². The lowest BCUT2D eigenvalue weighted by atomic mass is 10.1. The third-order valence-corrected chi connectivity index (χ3v) is 6.52. The van der Waals surface area contributed by atoms with Gasteiger partial charge in [-0.25, -0.2) is 4.98 Å². The first kappa shape index (κ1) is 22.7. The minimum Gasteiger partial charge on any atom is -0.481 e. The number of nitrogens with one attached hydrogen (secondary N) is 1. The van der Waals surface area contributed by atoms with Gasteiger partial charge >= 0.3 is 0 Å². The second-order valence-electron chi connectivity index (χ2n) is 7.07. The topological polar surface area (TPSA) is 64.4 Å². The molecular weight excluding hydrogens is 494 g/mol. The summed E-state index contributed by atoms with van der Waals surface area (Å²) < 4.78 is 11.4. The fourth-order valence-corrected chi connectivity index (χ4v) is 4.11. The molecule has 0 atom stereocenters. The van der Waals surface area contributed by atoms with E-state index in [-0.39, 0.29) is 28.3 Å². The molecule has 164 valence electrons. The van der Waals surface area contributed by atoms with Gasteiger partial charge < -0.3 is 14.5 Å². The van der Waals surface area contributed by atoms with Gasteiger partial charge in [0.2, 0.25) is 5.89 Å². The Labute approximate surface area is 204 Å². The lowest BCUT2D eigenvalue weighted by molar-refractivity contribution is -0.118. The molecule has 0 aliphatic heterocycles. The summed E-state index contributed by atoms with van der Waals surface area (Å²) in [4.78, 5) is 16.9. The number of amides is 1. The van der Waals surface area contributed by atoms with Crippen molar-refractivity contribution in [2.24, 2.45) is 0 Å². The maximum absolute atomic E-state index is 12.5. The predicted molar refractivity (Wildman–Crippen MR) is 130 cm³/mol. The standard InChI is InChI=1S/C23H16Cl4N2O3/c1-11-19(25)12(2)21(27)22(20(11)26)31-10-18(30)28-15-5-3-4-13(8-15)23-29-16-9-14(24)6-7-17(16)32-23/h3-9H,10H2,1-2H3,(H,28,30). The van der Waals surface area contributed by atoms with Crippen molar-refractivity contribution in [3.63, 3.8) is 0 Å². The molecule has 1 amide bonds. The molecule has 9 heteroatoms. The summed E-state index contributed by atoms with van der Waals surface area (Å²) in [5.74, 6) is 0.256. The summed E-state index contributed by atoms with van der Waals surface area (Å²) in [6.45, 7) is 3.23. The zero-order valence-corrected chi connectivity index (χ0v) is 20.0. The average molecular weight is 510 g/mol. The van der Waals surface area contributed by atoms with Crippen molar-refractivity contribution in [3.8, 4) is 17.2 Å². The second-order valence-corrected chi connectivity index (χ2v) is 8.64. The molecule has 0 bridgehead atoms. The first-order valence-electron chi connectivity index (χ1n) is 9.47. The molecule has 1 N–H and O–H groups in total. The molecule has 4 rings (SSSR count). The summed E-state index contributed by atoms with van der Waals surface area (Å²) in [5.41, 5.74) is 3.80. The van der Waals surface area contributed by atoms with Crippen LogP contribution in [-0.2, 0) is 4.79 Å².